The number of thiocarbonyl (C=S) groups is 1. The monoisotopic (exact) mass is 303 g/mol. The minimum absolute atomic E-state index is 0.179. The molecule has 1 aromatic heterocycles. The van der Waals surface area contributed by atoms with Crippen LogP contribution < -0.4 is 15.5 Å². The molecule has 20 heavy (non-hydrogen) atoms. The van der Waals surface area contributed by atoms with Gasteiger partial charge >= 0.3 is 0 Å². The van der Waals surface area contributed by atoms with Gasteiger partial charge in [-0.05, 0) is 41.9 Å². The molecule has 4 nitrogen and oxygen atoms in total. The van der Waals surface area contributed by atoms with Crippen LogP contribution in [0, 0.1) is 0 Å². The number of fused-ring (bicyclic) bond motifs is 1. The predicted octanol–water partition coefficient (Wildman–Crippen LogP) is 2.31. The molecular weight excluding hydrogens is 290 g/mol. The number of carbonyl (C=O) groups is 1. The summed E-state index contributed by atoms with van der Waals surface area (Å²) in [6, 6.07) is 8.40. The first-order valence-electron chi connectivity index (χ1n) is 6.08. The molecule has 2 N–H and O–H groups in total. The highest BCUT2D eigenvalue weighted by molar-refractivity contribution is 7.80. The molecule has 0 radical (unpaired) electrons. The van der Waals surface area contributed by atoms with Gasteiger partial charge in [0.25, 0.3) is 5.91 Å². The molecule has 0 aliphatic carbocycles. The highest BCUT2D eigenvalue weighted by Gasteiger charge is 2.20. The fourth-order valence-electron chi connectivity index (χ4n) is 2.01. The third kappa shape index (κ3) is 2.39. The van der Waals surface area contributed by atoms with Crippen LogP contribution in [0.3, 0.4) is 0 Å². The van der Waals surface area contributed by atoms with Crippen LogP contribution in [-0.2, 0) is 4.79 Å². The lowest BCUT2D eigenvalue weighted by Gasteiger charge is -2.11. The number of rotatable bonds is 2. The topological polar surface area (TPSA) is 44.4 Å². The van der Waals surface area contributed by atoms with E-state index < -0.39 is 0 Å². The quantitative estimate of drug-likeness (QED) is 0.660. The summed E-state index contributed by atoms with van der Waals surface area (Å²) in [6.07, 6.45) is 1.83. The molecule has 0 atom stereocenters. The first-order valence-corrected chi connectivity index (χ1v) is 7.30. The largest absolute Gasteiger partial charge is 0.378 e. The smallest absolute Gasteiger partial charge is 0.273 e. The van der Waals surface area contributed by atoms with Crippen molar-refractivity contribution in [1.82, 2.24) is 10.6 Å². The maximum atomic E-state index is 11.6. The second kappa shape index (κ2) is 4.88. The van der Waals surface area contributed by atoms with Crippen LogP contribution in [0.5, 0.6) is 0 Å². The number of thiophene rings is 1. The Morgan fingerprint density at radius 3 is 2.70 bits per heavy atom. The van der Waals surface area contributed by atoms with Gasteiger partial charge in [-0.2, -0.15) is 0 Å². The molecule has 0 unspecified atom stereocenters. The van der Waals surface area contributed by atoms with E-state index in [9.17, 15) is 4.79 Å². The van der Waals surface area contributed by atoms with E-state index in [0.717, 1.165) is 10.6 Å². The molecule has 6 heteroatoms. The zero-order valence-corrected chi connectivity index (χ0v) is 12.7. The molecule has 1 aromatic carbocycles. The van der Waals surface area contributed by atoms with Crippen molar-refractivity contribution in [3.8, 4) is 0 Å². The molecule has 2 aromatic rings. The maximum Gasteiger partial charge on any atom is 0.273 e. The molecule has 1 amide bonds. The minimum atomic E-state index is -0.179. The van der Waals surface area contributed by atoms with Crippen LogP contribution in [0.25, 0.3) is 16.2 Å². The van der Waals surface area contributed by atoms with Gasteiger partial charge in [0.05, 0.1) is 0 Å². The third-order valence-electron chi connectivity index (χ3n) is 3.05. The Hall–Kier alpha value is -1.92. The molecule has 0 spiro atoms. The maximum absolute atomic E-state index is 11.6. The summed E-state index contributed by atoms with van der Waals surface area (Å²) in [5, 5.41) is 6.95. The Bertz CT molecular complexity index is 746. The van der Waals surface area contributed by atoms with Crippen LogP contribution in [0.4, 0.5) is 5.69 Å². The van der Waals surface area contributed by atoms with Crippen LogP contribution in [0.15, 0.2) is 30.0 Å². The van der Waals surface area contributed by atoms with Gasteiger partial charge in [0.1, 0.15) is 5.70 Å². The van der Waals surface area contributed by atoms with Gasteiger partial charge in [-0.1, -0.05) is 6.07 Å². The van der Waals surface area contributed by atoms with E-state index >= 15 is 0 Å². The van der Waals surface area contributed by atoms with Crippen molar-refractivity contribution < 1.29 is 4.79 Å². The summed E-state index contributed by atoms with van der Waals surface area (Å²) < 4.78 is 1.20. The number of hydrogen-bond donors (Lipinski definition) is 2. The Balaban J connectivity index is 1.99. The molecule has 1 fully saturated rings. The van der Waals surface area contributed by atoms with E-state index in [1.54, 1.807) is 11.3 Å². The number of nitrogens with one attached hydrogen (secondary N) is 2. The van der Waals surface area contributed by atoms with Crippen molar-refractivity contribution in [1.29, 1.82) is 0 Å². The Morgan fingerprint density at radius 1 is 1.25 bits per heavy atom. The van der Waals surface area contributed by atoms with Crippen LogP contribution >= 0.6 is 23.6 Å². The number of anilines is 1. The Kier molecular flexibility index (Phi) is 3.19. The normalized spacial score (nSPS) is 16.6. The first kappa shape index (κ1) is 13.1. The fraction of sp³-hybridized carbons (Fsp3) is 0.143. The highest BCUT2D eigenvalue weighted by atomic mass is 32.1. The Labute approximate surface area is 126 Å². The number of benzene rings is 1. The zero-order valence-electron chi connectivity index (χ0n) is 11.1. The van der Waals surface area contributed by atoms with E-state index in [-0.39, 0.29) is 5.91 Å². The zero-order chi connectivity index (χ0) is 14.3. The summed E-state index contributed by atoms with van der Waals surface area (Å²) in [6.45, 7) is 0. The van der Waals surface area contributed by atoms with Crippen LogP contribution in [-0.4, -0.2) is 25.1 Å². The van der Waals surface area contributed by atoms with Gasteiger partial charge in [0.2, 0.25) is 0 Å². The van der Waals surface area contributed by atoms with Crippen molar-refractivity contribution in [2.75, 3.05) is 19.0 Å². The molecule has 1 aliphatic heterocycles. The molecule has 0 bridgehead atoms. The van der Waals surface area contributed by atoms with E-state index in [4.69, 9.17) is 12.2 Å². The summed E-state index contributed by atoms with van der Waals surface area (Å²) >= 11 is 6.57. The second-order valence-electron chi connectivity index (χ2n) is 4.73. The van der Waals surface area contributed by atoms with Gasteiger partial charge in [-0.15, -0.1) is 11.3 Å². The average Bonchev–Trinajstić information content (AvgIpc) is 2.91. The molecule has 1 aliphatic rings. The summed E-state index contributed by atoms with van der Waals surface area (Å²) in [4.78, 5) is 14.7. The van der Waals surface area contributed by atoms with Crippen molar-refractivity contribution >= 4 is 56.4 Å². The van der Waals surface area contributed by atoms with Crippen molar-refractivity contribution in [3.05, 3.63) is 34.8 Å². The lowest BCUT2D eigenvalue weighted by atomic mass is 10.2. The summed E-state index contributed by atoms with van der Waals surface area (Å²) in [5.41, 5.74) is 1.66. The Morgan fingerprint density at radius 2 is 2.05 bits per heavy atom. The number of nitrogens with zero attached hydrogens (tertiary/aromatic N) is 1. The number of carbonyl (C=O) groups excluding carboxylic acids is 1. The highest BCUT2D eigenvalue weighted by Crippen LogP contribution is 2.30. The van der Waals surface area contributed by atoms with Gasteiger partial charge in [0, 0.05) is 29.4 Å². The van der Waals surface area contributed by atoms with Crippen molar-refractivity contribution in [2.24, 2.45) is 0 Å². The van der Waals surface area contributed by atoms with Gasteiger partial charge < -0.3 is 10.2 Å². The molecule has 1 saturated heterocycles. The van der Waals surface area contributed by atoms with E-state index in [1.165, 1.54) is 10.1 Å². The second-order valence-corrected chi connectivity index (χ2v) is 6.26. The van der Waals surface area contributed by atoms with Crippen LogP contribution in [0.1, 0.15) is 4.88 Å². The standard InChI is InChI=1S/C14H13N3OS2/c1-17(2)9-4-3-8-5-10(20-12(8)6-9)7-11-13(18)16-14(19)15-11/h3-7H,1-2H3,(H2,15,16,18,19)/b11-7-. The summed E-state index contributed by atoms with van der Waals surface area (Å²) in [7, 11) is 4.04. The molecule has 0 saturated carbocycles. The molecule has 2 heterocycles. The first-order chi connectivity index (χ1) is 9.52. The van der Waals surface area contributed by atoms with E-state index in [0.29, 0.717) is 10.8 Å². The molecule has 102 valence electrons. The van der Waals surface area contributed by atoms with Crippen molar-refractivity contribution in [3.63, 3.8) is 0 Å². The van der Waals surface area contributed by atoms with Gasteiger partial charge in [0.15, 0.2) is 5.11 Å². The van der Waals surface area contributed by atoms with E-state index in [2.05, 4.69) is 39.8 Å². The van der Waals surface area contributed by atoms with Crippen LogP contribution in [0.2, 0.25) is 0 Å². The number of amides is 1. The fourth-order valence-corrected chi connectivity index (χ4v) is 3.26. The van der Waals surface area contributed by atoms with Gasteiger partial charge in [-0.25, -0.2) is 0 Å². The summed E-state index contributed by atoms with van der Waals surface area (Å²) in [5.74, 6) is -0.179. The predicted molar refractivity (Wildman–Crippen MR) is 88.0 cm³/mol. The SMILES string of the molecule is CN(C)c1ccc2cc(/C=C3\NC(=S)NC3=O)sc2c1. The third-order valence-corrected chi connectivity index (χ3v) is 4.29. The molecule has 3 rings (SSSR count). The number of hydrogen-bond acceptors (Lipinski definition) is 4. The van der Waals surface area contributed by atoms with Gasteiger partial charge in [-0.3, -0.25) is 10.1 Å². The molecular formula is C14H13N3OS2. The minimum Gasteiger partial charge on any atom is -0.378 e. The lowest BCUT2D eigenvalue weighted by Crippen LogP contribution is -2.21. The van der Waals surface area contributed by atoms with Crippen molar-refractivity contribution in [2.45, 2.75) is 0 Å². The lowest BCUT2D eigenvalue weighted by molar-refractivity contribution is -0.115. The average molecular weight is 303 g/mol. The van der Waals surface area contributed by atoms with E-state index in [1.807, 2.05) is 20.2 Å².